The summed E-state index contributed by atoms with van der Waals surface area (Å²) in [5, 5.41) is 12.8. The lowest BCUT2D eigenvalue weighted by molar-refractivity contribution is 0.128. The molecule has 2 aromatic heterocycles. The topological polar surface area (TPSA) is 42.4 Å². The van der Waals surface area contributed by atoms with Crippen LogP contribution in [-0.4, -0.2) is 17.2 Å². The molecule has 1 aliphatic rings. The molecular formula is C15H17NO2S. The number of thiophene rings is 1. The van der Waals surface area contributed by atoms with Crippen LogP contribution >= 0.6 is 11.3 Å². The van der Waals surface area contributed by atoms with Crippen molar-refractivity contribution in [3.8, 4) is 5.75 Å². The van der Waals surface area contributed by atoms with Crippen LogP contribution < -0.4 is 4.74 Å². The first-order valence-corrected chi connectivity index (χ1v) is 7.42. The molecule has 2 atom stereocenters. The van der Waals surface area contributed by atoms with Gasteiger partial charge in [0.1, 0.15) is 17.5 Å². The third kappa shape index (κ3) is 2.26. The number of aliphatic hydroxyl groups excluding tert-OH is 1. The first kappa shape index (κ1) is 12.6. The minimum Gasteiger partial charge on any atom is -0.495 e. The number of nitrogens with zero attached hydrogens (tertiary/aromatic N) is 1. The predicted molar refractivity (Wildman–Crippen MR) is 75.7 cm³/mol. The van der Waals surface area contributed by atoms with Gasteiger partial charge in [0.2, 0.25) is 0 Å². The normalized spacial score (nSPS) is 19.8. The van der Waals surface area contributed by atoms with Crippen LogP contribution in [0.15, 0.2) is 29.8 Å². The highest BCUT2D eigenvalue weighted by Crippen LogP contribution is 2.43. The Morgan fingerprint density at radius 3 is 3.21 bits per heavy atom. The van der Waals surface area contributed by atoms with Crippen molar-refractivity contribution in [1.82, 2.24) is 4.98 Å². The maximum atomic E-state index is 10.7. The van der Waals surface area contributed by atoms with E-state index in [1.807, 2.05) is 12.1 Å². The fraction of sp³-hybridized carbons (Fsp3) is 0.400. The lowest BCUT2D eigenvalue weighted by Crippen LogP contribution is -2.17. The van der Waals surface area contributed by atoms with Gasteiger partial charge in [0.25, 0.3) is 0 Å². The highest BCUT2D eigenvalue weighted by Gasteiger charge is 2.30. The van der Waals surface area contributed by atoms with Crippen molar-refractivity contribution < 1.29 is 9.84 Å². The van der Waals surface area contributed by atoms with Crippen molar-refractivity contribution >= 4 is 11.3 Å². The second-order valence-corrected chi connectivity index (χ2v) is 5.83. The molecule has 100 valence electrons. The number of rotatable bonds is 3. The van der Waals surface area contributed by atoms with Crippen molar-refractivity contribution in [2.24, 2.45) is 0 Å². The van der Waals surface area contributed by atoms with Crippen LogP contribution in [0, 0.1) is 0 Å². The number of hydrogen-bond donors (Lipinski definition) is 1. The van der Waals surface area contributed by atoms with Gasteiger partial charge in [-0.1, -0.05) is 0 Å². The van der Waals surface area contributed by atoms with Crippen LogP contribution in [0.25, 0.3) is 0 Å². The molecule has 0 radical (unpaired) electrons. The summed E-state index contributed by atoms with van der Waals surface area (Å²) in [6.45, 7) is 0. The SMILES string of the molecule is COc1cccnc1C(O)C1CCCc2sccc21. The molecule has 0 amide bonds. The molecule has 0 fully saturated rings. The standard InChI is InChI=1S/C15H17NO2S/c1-18-12-5-3-8-16-14(12)15(17)11-4-2-6-13-10(11)7-9-19-13/h3,5,7-9,11,15,17H,2,4,6H2,1H3. The summed E-state index contributed by atoms with van der Waals surface area (Å²) in [6.07, 6.45) is 4.38. The fourth-order valence-corrected chi connectivity index (χ4v) is 3.83. The Morgan fingerprint density at radius 1 is 1.47 bits per heavy atom. The first-order valence-electron chi connectivity index (χ1n) is 6.54. The Kier molecular flexibility index (Phi) is 3.53. The van der Waals surface area contributed by atoms with Gasteiger partial charge in [0.05, 0.1) is 7.11 Å². The van der Waals surface area contributed by atoms with Crippen molar-refractivity contribution in [3.63, 3.8) is 0 Å². The van der Waals surface area contributed by atoms with E-state index in [1.165, 1.54) is 10.4 Å². The third-order valence-electron chi connectivity index (χ3n) is 3.78. The van der Waals surface area contributed by atoms with Crippen molar-refractivity contribution in [1.29, 1.82) is 0 Å². The summed E-state index contributed by atoms with van der Waals surface area (Å²) >= 11 is 1.79. The number of pyridine rings is 1. The number of ether oxygens (including phenoxy) is 1. The lowest BCUT2D eigenvalue weighted by atomic mass is 9.82. The minimum atomic E-state index is -0.593. The van der Waals surface area contributed by atoms with E-state index in [-0.39, 0.29) is 5.92 Å². The summed E-state index contributed by atoms with van der Waals surface area (Å²) in [5.41, 5.74) is 1.94. The number of hydrogen-bond acceptors (Lipinski definition) is 4. The van der Waals surface area contributed by atoms with E-state index in [1.54, 1.807) is 24.6 Å². The maximum Gasteiger partial charge on any atom is 0.143 e. The quantitative estimate of drug-likeness (QED) is 0.934. The summed E-state index contributed by atoms with van der Waals surface area (Å²) in [6, 6.07) is 5.82. The van der Waals surface area contributed by atoms with Gasteiger partial charge < -0.3 is 9.84 Å². The second-order valence-electron chi connectivity index (χ2n) is 4.83. The summed E-state index contributed by atoms with van der Waals surface area (Å²) in [4.78, 5) is 5.72. The predicted octanol–water partition coefficient (Wildman–Crippen LogP) is 3.31. The molecular weight excluding hydrogens is 258 g/mol. The van der Waals surface area contributed by atoms with Gasteiger partial charge in [-0.2, -0.15) is 0 Å². The smallest absolute Gasteiger partial charge is 0.143 e. The Morgan fingerprint density at radius 2 is 2.37 bits per heavy atom. The highest BCUT2D eigenvalue weighted by atomic mass is 32.1. The molecule has 1 N–H and O–H groups in total. The van der Waals surface area contributed by atoms with Gasteiger partial charge in [-0.3, -0.25) is 4.98 Å². The van der Waals surface area contributed by atoms with Crippen molar-refractivity contribution in [2.75, 3.05) is 7.11 Å². The zero-order chi connectivity index (χ0) is 13.2. The molecule has 1 aliphatic carbocycles. The van der Waals surface area contributed by atoms with Crippen LogP contribution in [0.4, 0.5) is 0 Å². The molecule has 3 rings (SSSR count). The Balaban J connectivity index is 1.95. The highest BCUT2D eigenvalue weighted by molar-refractivity contribution is 7.10. The van der Waals surface area contributed by atoms with Crippen LogP contribution in [0.1, 0.15) is 41.0 Å². The van der Waals surface area contributed by atoms with E-state index in [0.717, 1.165) is 19.3 Å². The van der Waals surface area contributed by atoms with E-state index < -0.39 is 6.10 Å². The Labute approximate surface area is 116 Å². The average molecular weight is 275 g/mol. The van der Waals surface area contributed by atoms with Crippen molar-refractivity contribution in [3.05, 3.63) is 45.9 Å². The largest absolute Gasteiger partial charge is 0.495 e. The Bertz CT molecular complexity index is 567. The molecule has 2 unspecified atom stereocenters. The Hall–Kier alpha value is -1.39. The summed E-state index contributed by atoms with van der Waals surface area (Å²) in [7, 11) is 1.62. The average Bonchev–Trinajstić information content (AvgIpc) is 2.94. The van der Waals surface area contributed by atoms with Crippen LogP contribution in [0.2, 0.25) is 0 Å². The van der Waals surface area contributed by atoms with Gasteiger partial charge in [0, 0.05) is 17.0 Å². The number of aryl methyl sites for hydroxylation is 1. The van der Waals surface area contributed by atoms with Gasteiger partial charge in [-0.05, 0) is 48.4 Å². The van der Waals surface area contributed by atoms with Crippen LogP contribution in [0.5, 0.6) is 5.75 Å². The summed E-state index contributed by atoms with van der Waals surface area (Å²) < 4.78 is 5.31. The number of fused-ring (bicyclic) bond motifs is 1. The van der Waals surface area contributed by atoms with Gasteiger partial charge in [-0.15, -0.1) is 11.3 Å². The zero-order valence-corrected chi connectivity index (χ0v) is 11.7. The summed E-state index contributed by atoms with van der Waals surface area (Å²) in [5.74, 6) is 0.802. The van der Waals surface area contributed by atoms with Crippen LogP contribution in [0.3, 0.4) is 0 Å². The van der Waals surface area contributed by atoms with Gasteiger partial charge in [0.15, 0.2) is 0 Å². The lowest BCUT2D eigenvalue weighted by Gasteiger charge is -2.27. The maximum absolute atomic E-state index is 10.7. The third-order valence-corrected chi connectivity index (χ3v) is 4.78. The van der Waals surface area contributed by atoms with Crippen LogP contribution in [-0.2, 0) is 6.42 Å². The molecule has 19 heavy (non-hydrogen) atoms. The van der Waals surface area contributed by atoms with E-state index in [2.05, 4.69) is 16.4 Å². The molecule has 0 saturated carbocycles. The second kappa shape index (κ2) is 5.31. The fourth-order valence-electron chi connectivity index (χ4n) is 2.84. The monoisotopic (exact) mass is 275 g/mol. The van der Waals surface area contributed by atoms with E-state index >= 15 is 0 Å². The van der Waals surface area contributed by atoms with Crippen molar-refractivity contribution in [2.45, 2.75) is 31.3 Å². The molecule has 2 heterocycles. The first-order chi connectivity index (χ1) is 9.31. The van der Waals surface area contributed by atoms with E-state index in [0.29, 0.717) is 11.4 Å². The molecule has 0 bridgehead atoms. The van der Waals surface area contributed by atoms with Gasteiger partial charge in [-0.25, -0.2) is 0 Å². The minimum absolute atomic E-state index is 0.138. The molecule has 4 heteroatoms. The van der Waals surface area contributed by atoms with E-state index in [4.69, 9.17) is 4.74 Å². The molecule has 0 aromatic carbocycles. The number of aromatic nitrogens is 1. The number of aliphatic hydroxyl groups is 1. The molecule has 0 spiro atoms. The molecule has 2 aromatic rings. The molecule has 3 nitrogen and oxygen atoms in total. The number of methoxy groups -OCH3 is 1. The zero-order valence-electron chi connectivity index (χ0n) is 10.9. The molecule has 0 saturated heterocycles. The van der Waals surface area contributed by atoms with E-state index in [9.17, 15) is 5.11 Å². The molecule has 0 aliphatic heterocycles. The van der Waals surface area contributed by atoms with Gasteiger partial charge >= 0.3 is 0 Å².